The number of allylic oxidation sites excluding steroid dienone is 4. The Morgan fingerprint density at radius 2 is 1.27 bits per heavy atom. The summed E-state index contributed by atoms with van der Waals surface area (Å²) in [6.45, 7) is 9.88. The van der Waals surface area contributed by atoms with Gasteiger partial charge in [-0.05, 0) is 57.3 Å². The average Bonchev–Trinajstić information content (AvgIpc) is 2.48. The van der Waals surface area contributed by atoms with Crippen molar-refractivity contribution in [3.8, 4) is 0 Å². The molecule has 0 bridgehead atoms. The molecule has 0 amide bonds. The molecule has 0 radical (unpaired) electrons. The summed E-state index contributed by atoms with van der Waals surface area (Å²) in [5, 5.41) is 0. The molecule has 0 rings (SSSR count). The van der Waals surface area contributed by atoms with E-state index in [4.69, 9.17) is 0 Å². The van der Waals surface area contributed by atoms with Crippen LogP contribution < -0.4 is 0 Å². The zero-order chi connectivity index (χ0) is 14.9. The third kappa shape index (κ3) is 19.9. The van der Waals surface area contributed by atoms with Crippen LogP contribution in [0.25, 0.3) is 0 Å². The van der Waals surface area contributed by atoms with Gasteiger partial charge in [0.25, 0.3) is 0 Å². The van der Waals surface area contributed by atoms with Crippen LogP contribution >= 0.6 is 24.0 Å². The lowest BCUT2D eigenvalue weighted by molar-refractivity contribution is 0.429. The van der Waals surface area contributed by atoms with Gasteiger partial charge in [0.05, 0.1) is 0 Å². The standard InChI is InChI=1S/C20H36.CH3.HI/c1-4-7-9-10-11-12-13-14-15-16-17-19-20(6-3)18-8-5-2;;/h4-5,14-15,20H,1-2,6-13,16-19H2,3H3;1H3;1H/q;-1;/b15-14+;;. The normalized spacial score (nSPS) is 11.5. The Kier molecular flexibility index (Phi) is 28.3. The highest BCUT2D eigenvalue weighted by Gasteiger charge is 2.03. The van der Waals surface area contributed by atoms with Crippen molar-refractivity contribution in [1.29, 1.82) is 0 Å². The fourth-order valence-electron chi connectivity index (χ4n) is 2.57. The van der Waals surface area contributed by atoms with E-state index < -0.39 is 0 Å². The van der Waals surface area contributed by atoms with E-state index in [1.54, 1.807) is 0 Å². The molecule has 0 aromatic rings. The van der Waals surface area contributed by atoms with Gasteiger partial charge in [0, 0.05) is 0 Å². The van der Waals surface area contributed by atoms with Crippen molar-refractivity contribution in [2.45, 2.75) is 84.0 Å². The van der Waals surface area contributed by atoms with Crippen molar-refractivity contribution in [3.63, 3.8) is 0 Å². The van der Waals surface area contributed by atoms with E-state index in [1.165, 1.54) is 77.0 Å². The number of unbranched alkanes of at least 4 members (excludes halogenated alkanes) is 6. The minimum atomic E-state index is 0. The van der Waals surface area contributed by atoms with E-state index >= 15 is 0 Å². The Balaban J connectivity index is -0.00000180. The van der Waals surface area contributed by atoms with Crippen molar-refractivity contribution in [2.24, 2.45) is 5.92 Å². The van der Waals surface area contributed by atoms with Crippen LogP contribution in [0.1, 0.15) is 84.0 Å². The third-order valence-corrected chi connectivity index (χ3v) is 4.04. The van der Waals surface area contributed by atoms with Crippen molar-refractivity contribution in [2.75, 3.05) is 0 Å². The molecule has 0 fully saturated rings. The molecule has 0 saturated heterocycles. The van der Waals surface area contributed by atoms with E-state index in [9.17, 15) is 0 Å². The quantitative estimate of drug-likeness (QED) is 0.108. The topological polar surface area (TPSA) is 0 Å². The molecule has 1 atom stereocenters. The van der Waals surface area contributed by atoms with Gasteiger partial charge < -0.3 is 7.43 Å². The van der Waals surface area contributed by atoms with E-state index in [0.717, 1.165) is 5.92 Å². The Labute approximate surface area is 158 Å². The minimum absolute atomic E-state index is 0. The highest BCUT2D eigenvalue weighted by molar-refractivity contribution is 14.0. The molecule has 1 heteroatoms. The lowest BCUT2D eigenvalue weighted by atomic mass is 9.94. The van der Waals surface area contributed by atoms with Crippen LogP contribution in [-0.4, -0.2) is 0 Å². The summed E-state index contributed by atoms with van der Waals surface area (Å²) >= 11 is 0. The lowest BCUT2D eigenvalue weighted by Crippen LogP contribution is -1.97. The maximum atomic E-state index is 3.81. The monoisotopic (exact) mass is 419 g/mol. The minimum Gasteiger partial charge on any atom is -0.358 e. The molecule has 0 aliphatic heterocycles. The van der Waals surface area contributed by atoms with Crippen molar-refractivity contribution in [3.05, 3.63) is 44.9 Å². The Morgan fingerprint density at radius 1 is 0.727 bits per heavy atom. The Morgan fingerprint density at radius 3 is 1.82 bits per heavy atom. The van der Waals surface area contributed by atoms with Gasteiger partial charge >= 0.3 is 0 Å². The van der Waals surface area contributed by atoms with Crippen LogP contribution in [-0.2, 0) is 0 Å². The zero-order valence-electron chi connectivity index (χ0n) is 15.2. The molecule has 0 nitrogen and oxygen atoms in total. The number of rotatable bonds is 15. The molecular weight excluding hydrogens is 379 g/mol. The fraction of sp³-hybridized carbons (Fsp3) is 0.667. The summed E-state index contributed by atoms with van der Waals surface area (Å²) < 4.78 is 0. The van der Waals surface area contributed by atoms with E-state index in [-0.39, 0.29) is 31.4 Å². The van der Waals surface area contributed by atoms with Gasteiger partial charge in [-0.3, -0.25) is 0 Å². The number of halogens is 1. The van der Waals surface area contributed by atoms with Gasteiger partial charge in [0.1, 0.15) is 0 Å². The Bertz CT molecular complexity index is 242. The van der Waals surface area contributed by atoms with Gasteiger partial charge in [-0.25, -0.2) is 0 Å². The molecule has 0 aromatic carbocycles. The van der Waals surface area contributed by atoms with Gasteiger partial charge in [-0.2, -0.15) is 0 Å². The van der Waals surface area contributed by atoms with Crippen LogP contribution in [0.5, 0.6) is 0 Å². The second-order valence-electron chi connectivity index (χ2n) is 5.82. The smallest absolute Gasteiger partial charge is 0.0351 e. The largest absolute Gasteiger partial charge is 0.358 e. The third-order valence-electron chi connectivity index (χ3n) is 4.04. The molecule has 1 unspecified atom stereocenters. The number of hydrogen-bond acceptors (Lipinski definition) is 0. The zero-order valence-corrected chi connectivity index (χ0v) is 17.5. The Hall–Kier alpha value is -0.0500. The van der Waals surface area contributed by atoms with Gasteiger partial charge in [-0.1, -0.05) is 56.9 Å². The summed E-state index contributed by atoms with van der Waals surface area (Å²) in [4.78, 5) is 0. The van der Waals surface area contributed by atoms with E-state index in [1.807, 2.05) is 6.08 Å². The molecule has 0 aromatic heterocycles. The van der Waals surface area contributed by atoms with Crippen LogP contribution in [0.2, 0.25) is 0 Å². The molecule has 132 valence electrons. The molecule has 0 heterocycles. The summed E-state index contributed by atoms with van der Waals surface area (Å²) in [6.07, 6.45) is 24.5. The molecule has 0 aliphatic carbocycles. The maximum absolute atomic E-state index is 3.81. The molecule has 0 spiro atoms. The van der Waals surface area contributed by atoms with Gasteiger partial charge in [0.15, 0.2) is 0 Å². The highest BCUT2D eigenvalue weighted by atomic mass is 127. The SMILES string of the molecule is C=CCCCCCC/C=C/CCCC(CC)CCC=C.I.[CH3-]. The summed E-state index contributed by atoms with van der Waals surface area (Å²) in [7, 11) is 0. The average molecular weight is 419 g/mol. The lowest BCUT2D eigenvalue weighted by Gasteiger charge is -2.12. The second kappa shape index (κ2) is 23.2. The van der Waals surface area contributed by atoms with Crippen LogP contribution in [0.3, 0.4) is 0 Å². The predicted octanol–water partition coefficient (Wildman–Crippen LogP) is 8.30. The highest BCUT2D eigenvalue weighted by Crippen LogP contribution is 2.18. The molecule has 0 aliphatic rings. The molecule has 0 N–H and O–H groups in total. The fourth-order valence-corrected chi connectivity index (χ4v) is 2.57. The molecule has 0 saturated carbocycles. The van der Waals surface area contributed by atoms with Crippen LogP contribution in [0.4, 0.5) is 0 Å². The first-order chi connectivity index (χ1) is 9.85. The first kappa shape index (κ1) is 26.8. The van der Waals surface area contributed by atoms with Crippen molar-refractivity contribution >= 4 is 24.0 Å². The van der Waals surface area contributed by atoms with E-state index in [0.29, 0.717) is 0 Å². The van der Waals surface area contributed by atoms with Gasteiger partial charge in [0.2, 0.25) is 0 Å². The van der Waals surface area contributed by atoms with Crippen LogP contribution in [0.15, 0.2) is 37.5 Å². The number of hydrogen-bond donors (Lipinski definition) is 0. The van der Waals surface area contributed by atoms with Gasteiger partial charge in [-0.15, -0.1) is 37.1 Å². The summed E-state index contributed by atoms with van der Waals surface area (Å²) in [5.41, 5.74) is 0. The maximum Gasteiger partial charge on any atom is -0.0351 e. The van der Waals surface area contributed by atoms with Crippen molar-refractivity contribution < 1.29 is 0 Å². The van der Waals surface area contributed by atoms with Crippen molar-refractivity contribution in [1.82, 2.24) is 0 Å². The molecular formula is C21H40I-. The second-order valence-corrected chi connectivity index (χ2v) is 5.82. The first-order valence-corrected chi connectivity index (χ1v) is 8.71. The first-order valence-electron chi connectivity index (χ1n) is 8.71. The van der Waals surface area contributed by atoms with Crippen LogP contribution in [0, 0.1) is 13.3 Å². The summed E-state index contributed by atoms with van der Waals surface area (Å²) in [5.74, 6) is 0.909. The van der Waals surface area contributed by atoms with E-state index in [2.05, 4.69) is 38.3 Å². The molecule has 22 heavy (non-hydrogen) atoms. The summed E-state index contributed by atoms with van der Waals surface area (Å²) in [6, 6.07) is 0. The predicted molar refractivity (Wildman–Crippen MR) is 116 cm³/mol.